The van der Waals surface area contributed by atoms with Crippen LogP contribution in [0.2, 0.25) is 0 Å². The van der Waals surface area contributed by atoms with E-state index in [1.807, 2.05) is 0 Å². The Balaban J connectivity index is 2.49. The zero-order valence-corrected chi connectivity index (χ0v) is 10.7. The van der Waals surface area contributed by atoms with Crippen LogP contribution in [0.15, 0.2) is 36.4 Å². The van der Waals surface area contributed by atoms with Crippen molar-refractivity contribution in [2.24, 2.45) is 5.73 Å². The van der Waals surface area contributed by atoms with E-state index in [4.69, 9.17) is 21.3 Å². The number of amides is 1. The second kappa shape index (κ2) is 5.49. The van der Waals surface area contributed by atoms with Crippen molar-refractivity contribution >= 4 is 17.6 Å². The van der Waals surface area contributed by atoms with Crippen molar-refractivity contribution in [1.29, 1.82) is 0 Å². The number of carbonyl (C=O) groups excluding carboxylic acids is 1. The summed E-state index contributed by atoms with van der Waals surface area (Å²) in [6.45, 7) is 0. The molecule has 2 rings (SSSR count). The number of carboxylic acid groups (broad SMARTS) is 1. The molecule has 0 aliphatic carbocycles. The summed E-state index contributed by atoms with van der Waals surface area (Å²) >= 11 is 0. The number of ether oxygens (including phenoxy) is 1. The molecular formula is C14H11FN2O4. The first-order valence-electron chi connectivity index (χ1n) is 5.79. The first-order chi connectivity index (χ1) is 9.91. The van der Waals surface area contributed by atoms with Gasteiger partial charge in [0, 0.05) is 0 Å². The van der Waals surface area contributed by atoms with Crippen LogP contribution in [-0.4, -0.2) is 17.0 Å². The van der Waals surface area contributed by atoms with E-state index >= 15 is 0 Å². The molecule has 0 aromatic heterocycles. The lowest BCUT2D eigenvalue weighted by Crippen LogP contribution is -2.14. The topological polar surface area (TPSA) is 116 Å². The highest BCUT2D eigenvalue weighted by Crippen LogP contribution is 2.32. The minimum Gasteiger partial charge on any atom is -0.478 e. The van der Waals surface area contributed by atoms with Crippen LogP contribution < -0.4 is 16.2 Å². The van der Waals surface area contributed by atoms with Gasteiger partial charge in [0.25, 0.3) is 5.91 Å². The summed E-state index contributed by atoms with van der Waals surface area (Å²) in [6, 6.07) is 7.83. The molecule has 5 N–H and O–H groups in total. The number of hydrogen-bond acceptors (Lipinski definition) is 4. The second-order valence-electron chi connectivity index (χ2n) is 4.10. The molecule has 108 valence electrons. The smallest absolute Gasteiger partial charge is 0.337 e. The molecule has 0 fully saturated rings. The molecule has 0 unspecified atom stereocenters. The molecule has 0 saturated heterocycles. The van der Waals surface area contributed by atoms with Crippen LogP contribution in [0.4, 0.5) is 10.1 Å². The number of anilines is 1. The van der Waals surface area contributed by atoms with Crippen molar-refractivity contribution in [3.05, 3.63) is 53.3 Å². The van der Waals surface area contributed by atoms with Gasteiger partial charge >= 0.3 is 5.97 Å². The predicted octanol–water partition coefficient (Wildman–Crippen LogP) is 2.00. The lowest BCUT2D eigenvalue weighted by atomic mass is 10.1. The van der Waals surface area contributed by atoms with Gasteiger partial charge in [-0.15, -0.1) is 0 Å². The van der Waals surface area contributed by atoms with Gasteiger partial charge in [0.05, 0.1) is 11.3 Å². The van der Waals surface area contributed by atoms with Crippen LogP contribution in [0.1, 0.15) is 20.7 Å². The van der Waals surface area contributed by atoms with E-state index in [9.17, 15) is 14.0 Å². The molecule has 2 aromatic rings. The number of aromatic carboxylic acids is 1. The van der Waals surface area contributed by atoms with Gasteiger partial charge in [-0.05, 0) is 24.3 Å². The average Bonchev–Trinajstić information content (AvgIpc) is 2.40. The molecule has 21 heavy (non-hydrogen) atoms. The zero-order chi connectivity index (χ0) is 15.6. The normalized spacial score (nSPS) is 10.1. The van der Waals surface area contributed by atoms with Gasteiger partial charge in [-0.2, -0.15) is 0 Å². The summed E-state index contributed by atoms with van der Waals surface area (Å²) in [6.07, 6.45) is 0. The predicted molar refractivity (Wildman–Crippen MR) is 72.8 cm³/mol. The lowest BCUT2D eigenvalue weighted by molar-refractivity contribution is 0.0697. The minimum absolute atomic E-state index is 0.0111. The molecule has 0 spiro atoms. The van der Waals surface area contributed by atoms with Crippen molar-refractivity contribution < 1.29 is 23.8 Å². The number of rotatable bonds is 4. The highest BCUT2D eigenvalue weighted by Gasteiger charge is 2.18. The van der Waals surface area contributed by atoms with Gasteiger partial charge in [0.15, 0.2) is 5.75 Å². The number of benzene rings is 2. The molecule has 6 nitrogen and oxygen atoms in total. The molecule has 1 amide bonds. The van der Waals surface area contributed by atoms with Crippen LogP contribution in [0.5, 0.6) is 11.5 Å². The largest absolute Gasteiger partial charge is 0.478 e. The van der Waals surface area contributed by atoms with Crippen LogP contribution in [0.25, 0.3) is 0 Å². The highest BCUT2D eigenvalue weighted by atomic mass is 19.1. The molecule has 7 heteroatoms. The van der Waals surface area contributed by atoms with Crippen molar-refractivity contribution in [2.75, 3.05) is 5.73 Å². The fraction of sp³-hybridized carbons (Fsp3) is 0. The van der Waals surface area contributed by atoms with E-state index in [-0.39, 0.29) is 22.7 Å². The summed E-state index contributed by atoms with van der Waals surface area (Å²) in [5, 5.41) is 8.97. The molecule has 0 heterocycles. The molecule has 0 saturated carbocycles. The minimum atomic E-state index is -1.23. The van der Waals surface area contributed by atoms with Gasteiger partial charge in [0.1, 0.15) is 17.1 Å². The van der Waals surface area contributed by atoms with Gasteiger partial charge in [0.2, 0.25) is 0 Å². The first-order valence-corrected chi connectivity index (χ1v) is 5.79. The molecule has 0 atom stereocenters. The molecule has 2 aromatic carbocycles. The summed E-state index contributed by atoms with van der Waals surface area (Å²) in [5.41, 5.74) is 10.1. The Labute approximate surface area is 118 Å². The zero-order valence-electron chi connectivity index (χ0n) is 10.7. The quantitative estimate of drug-likeness (QED) is 0.745. The maximum Gasteiger partial charge on any atom is 0.337 e. The second-order valence-corrected chi connectivity index (χ2v) is 4.10. The maximum absolute atomic E-state index is 13.6. The van der Waals surface area contributed by atoms with Crippen molar-refractivity contribution in [1.82, 2.24) is 0 Å². The third kappa shape index (κ3) is 2.76. The number of hydrogen-bond donors (Lipinski definition) is 3. The Morgan fingerprint density at radius 2 is 1.71 bits per heavy atom. The first kappa shape index (κ1) is 14.3. The van der Waals surface area contributed by atoms with Crippen LogP contribution in [0.3, 0.4) is 0 Å². The van der Waals surface area contributed by atoms with Crippen LogP contribution in [0, 0.1) is 5.82 Å². The Kier molecular flexibility index (Phi) is 3.75. The number of para-hydroxylation sites is 1. The standard InChI is InChI=1S/C14H11FN2O4/c15-8-4-2-5-9(11(8)13(17)18)21-10-6-1-3-7(12(10)16)14(19)20/h1-6H,16H2,(H2,17,18)(H,19,20). The average molecular weight is 290 g/mol. The number of nitrogen functional groups attached to an aromatic ring is 1. The molecule has 0 aliphatic rings. The molecule has 0 aliphatic heterocycles. The Hall–Kier alpha value is -3.09. The van der Waals surface area contributed by atoms with E-state index in [0.29, 0.717) is 0 Å². The molecule has 0 radical (unpaired) electrons. The van der Waals surface area contributed by atoms with Gasteiger partial charge in [-0.3, -0.25) is 4.79 Å². The van der Waals surface area contributed by atoms with E-state index in [2.05, 4.69) is 0 Å². The van der Waals surface area contributed by atoms with E-state index in [0.717, 1.165) is 6.07 Å². The molecular weight excluding hydrogens is 279 g/mol. The number of nitrogens with two attached hydrogens (primary N) is 2. The maximum atomic E-state index is 13.6. The lowest BCUT2D eigenvalue weighted by Gasteiger charge is -2.12. The monoisotopic (exact) mass is 290 g/mol. The SMILES string of the molecule is NC(=O)c1c(F)cccc1Oc1cccc(C(=O)O)c1N. The van der Waals surface area contributed by atoms with Gasteiger partial charge in [-0.25, -0.2) is 9.18 Å². The number of carboxylic acids is 1. The van der Waals surface area contributed by atoms with Crippen molar-refractivity contribution in [3.8, 4) is 11.5 Å². The van der Waals surface area contributed by atoms with Crippen LogP contribution in [-0.2, 0) is 0 Å². The Bertz CT molecular complexity index is 731. The van der Waals surface area contributed by atoms with E-state index < -0.39 is 23.3 Å². The van der Waals surface area contributed by atoms with Gasteiger partial charge < -0.3 is 21.3 Å². The van der Waals surface area contributed by atoms with Crippen molar-refractivity contribution in [2.45, 2.75) is 0 Å². The summed E-state index contributed by atoms with van der Waals surface area (Å²) in [7, 11) is 0. The number of carbonyl (C=O) groups is 2. The fourth-order valence-electron chi connectivity index (χ4n) is 1.77. The third-order valence-electron chi connectivity index (χ3n) is 2.74. The summed E-state index contributed by atoms with van der Waals surface area (Å²) < 4.78 is 18.9. The molecule has 0 bridgehead atoms. The van der Waals surface area contributed by atoms with Crippen LogP contribution >= 0.6 is 0 Å². The highest BCUT2D eigenvalue weighted by molar-refractivity contribution is 5.97. The number of halogens is 1. The number of primary amides is 1. The van der Waals surface area contributed by atoms with E-state index in [1.54, 1.807) is 0 Å². The van der Waals surface area contributed by atoms with Gasteiger partial charge in [-0.1, -0.05) is 12.1 Å². The summed E-state index contributed by atoms with van der Waals surface area (Å²) in [5.74, 6) is -3.23. The Morgan fingerprint density at radius 3 is 2.33 bits per heavy atom. The fourth-order valence-corrected chi connectivity index (χ4v) is 1.77. The van der Waals surface area contributed by atoms with E-state index in [1.165, 1.54) is 30.3 Å². The van der Waals surface area contributed by atoms with Crippen molar-refractivity contribution in [3.63, 3.8) is 0 Å². The third-order valence-corrected chi connectivity index (χ3v) is 2.74. The Morgan fingerprint density at radius 1 is 1.10 bits per heavy atom. The summed E-state index contributed by atoms with van der Waals surface area (Å²) in [4.78, 5) is 22.3.